The van der Waals surface area contributed by atoms with Gasteiger partial charge in [0.05, 0.1) is 12.6 Å². The second-order valence-corrected chi connectivity index (χ2v) is 4.92. The van der Waals surface area contributed by atoms with Crippen molar-refractivity contribution in [1.29, 1.82) is 0 Å². The van der Waals surface area contributed by atoms with E-state index in [4.69, 9.17) is 0 Å². The second-order valence-electron chi connectivity index (χ2n) is 4.92. The predicted octanol–water partition coefficient (Wildman–Crippen LogP) is 3.32. The Bertz CT molecular complexity index is 702. The van der Waals surface area contributed by atoms with Crippen molar-refractivity contribution in [3.8, 4) is 5.88 Å². The number of aromatic hydroxyl groups is 1. The first-order valence-corrected chi connectivity index (χ1v) is 6.78. The van der Waals surface area contributed by atoms with Gasteiger partial charge in [-0.3, -0.25) is 0 Å². The number of nitrogens with zero attached hydrogens (tertiary/aromatic N) is 3. The molecular weight excluding hydrogens is 272 g/mol. The van der Waals surface area contributed by atoms with Crippen LogP contribution in [0.5, 0.6) is 5.88 Å². The highest BCUT2D eigenvalue weighted by Gasteiger charge is 2.16. The summed E-state index contributed by atoms with van der Waals surface area (Å²) in [4.78, 5) is 16.2. The fourth-order valence-electron chi connectivity index (χ4n) is 2.56. The van der Waals surface area contributed by atoms with Gasteiger partial charge in [0.2, 0.25) is 5.88 Å². The van der Waals surface area contributed by atoms with Crippen LogP contribution in [0.2, 0.25) is 0 Å². The van der Waals surface area contributed by atoms with Crippen LogP contribution in [0.15, 0.2) is 28.4 Å². The van der Waals surface area contributed by atoms with Gasteiger partial charge in [-0.25, -0.2) is 4.79 Å². The van der Waals surface area contributed by atoms with E-state index in [1.807, 2.05) is 18.2 Å². The Morgan fingerprint density at radius 1 is 1.38 bits per heavy atom. The topological polar surface area (TPSA) is 90.3 Å². The van der Waals surface area contributed by atoms with Crippen LogP contribution in [0.25, 0.3) is 10.9 Å². The van der Waals surface area contributed by atoms with Crippen LogP contribution >= 0.6 is 0 Å². The zero-order chi connectivity index (χ0) is 14.8. The molecule has 21 heavy (non-hydrogen) atoms. The lowest BCUT2D eigenvalue weighted by atomic mass is 10.2. The molecule has 1 amide bonds. The molecule has 0 saturated carbocycles. The molecule has 0 aliphatic carbocycles. The summed E-state index contributed by atoms with van der Waals surface area (Å²) in [5, 5.41) is 17.7. The first kappa shape index (κ1) is 13.4. The van der Waals surface area contributed by atoms with Gasteiger partial charge in [-0.05, 0) is 31.0 Å². The number of carbonyl (C=O) groups excluding carboxylic acids is 1. The van der Waals surface area contributed by atoms with Gasteiger partial charge >= 0.3 is 6.09 Å². The predicted molar refractivity (Wildman–Crippen MR) is 78.3 cm³/mol. The molecule has 2 heterocycles. The number of fused-ring (bicyclic) bond motifs is 1. The average molecular weight is 288 g/mol. The Morgan fingerprint density at radius 2 is 2.14 bits per heavy atom. The summed E-state index contributed by atoms with van der Waals surface area (Å²) in [5.41, 5.74) is 2.11. The number of aromatic amines is 1. The summed E-state index contributed by atoms with van der Waals surface area (Å²) < 4.78 is 4.39. The summed E-state index contributed by atoms with van der Waals surface area (Å²) in [7, 11) is 1.22. The minimum Gasteiger partial charge on any atom is -0.493 e. The molecule has 1 aliphatic heterocycles. The number of hydrogen-bond acceptors (Lipinski definition) is 5. The molecule has 7 heteroatoms. The van der Waals surface area contributed by atoms with Crippen molar-refractivity contribution in [2.45, 2.75) is 12.8 Å². The SMILES string of the molecule is COC(=O)N=Nc1c(O)[nH]c2cc(N3CCCC3)ccc12. The van der Waals surface area contributed by atoms with E-state index in [0.717, 1.165) is 24.3 Å². The van der Waals surface area contributed by atoms with Crippen LogP contribution in [0.4, 0.5) is 16.2 Å². The Balaban J connectivity index is 1.97. The third-order valence-corrected chi connectivity index (χ3v) is 3.61. The standard InChI is InChI=1S/C14H16N4O3/c1-21-14(20)17-16-12-10-5-4-9(18-6-2-3-7-18)8-11(10)15-13(12)19/h4-5,8,15,19H,2-3,6-7H2,1H3. The van der Waals surface area contributed by atoms with Gasteiger partial charge in [-0.15, -0.1) is 5.11 Å². The number of methoxy groups -OCH3 is 1. The maximum Gasteiger partial charge on any atom is 0.452 e. The fraction of sp³-hybridized carbons (Fsp3) is 0.357. The molecule has 0 bridgehead atoms. The van der Waals surface area contributed by atoms with Crippen LogP contribution in [-0.2, 0) is 4.74 Å². The Kier molecular flexibility index (Phi) is 3.47. The molecule has 0 atom stereocenters. The van der Waals surface area contributed by atoms with E-state index in [2.05, 4.69) is 24.8 Å². The Labute approximate surface area is 121 Å². The van der Waals surface area contributed by atoms with Crippen molar-refractivity contribution >= 4 is 28.4 Å². The van der Waals surface area contributed by atoms with Gasteiger partial charge in [0, 0.05) is 24.2 Å². The lowest BCUT2D eigenvalue weighted by molar-refractivity contribution is 0.181. The van der Waals surface area contributed by atoms with Crippen LogP contribution in [-0.4, -0.2) is 36.4 Å². The number of aromatic nitrogens is 1. The highest BCUT2D eigenvalue weighted by atomic mass is 16.5. The van der Waals surface area contributed by atoms with E-state index in [1.165, 1.54) is 20.0 Å². The number of amides is 1. The Hall–Kier alpha value is -2.57. The molecule has 0 spiro atoms. The van der Waals surface area contributed by atoms with Crippen LogP contribution in [0, 0.1) is 0 Å². The number of rotatable bonds is 2. The first-order chi connectivity index (χ1) is 10.2. The van der Waals surface area contributed by atoms with Crippen molar-refractivity contribution in [2.24, 2.45) is 10.2 Å². The molecule has 2 aromatic rings. The quantitative estimate of drug-likeness (QED) is 0.829. The highest BCUT2D eigenvalue weighted by Crippen LogP contribution is 2.37. The fourth-order valence-corrected chi connectivity index (χ4v) is 2.56. The normalized spacial score (nSPS) is 15.2. The van der Waals surface area contributed by atoms with E-state index in [9.17, 15) is 9.90 Å². The Morgan fingerprint density at radius 3 is 2.86 bits per heavy atom. The molecule has 2 N–H and O–H groups in total. The smallest absolute Gasteiger partial charge is 0.452 e. The number of ether oxygens (including phenoxy) is 1. The zero-order valence-electron chi connectivity index (χ0n) is 11.7. The molecule has 1 aliphatic rings. The highest BCUT2D eigenvalue weighted by molar-refractivity contribution is 5.96. The first-order valence-electron chi connectivity index (χ1n) is 6.78. The number of hydrogen-bond donors (Lipinski definition) is 2. The molecule has 110 valence electrons. The summed E-state index contributed by atoms with van der Waals surface area (Å²) in [6.45, 7) is 2.10. The summed E-state index contributed by atoms with van der Waals surface area (Å²) in [5.74, 6) is -0.115. The van der Waals surface area contributed by atoms with E-state index in [0.29, 0.717) is 5.39 Å². The van der Waals surface area contributed by atoms with Gasteiger partial charge in [0.1, 0.15) is 0 Å². The van der Waals surface area contributed by atoms with Crippen molar-refractivity contribution in [3.05, 3.63) is 18.2 Å². The minimum atomic E-state index is -0.808. The molecule has 0 unspecified atom stereocenters. The molecule has 7 nitrogen and oxygen atoms in total. The maximum absolute atomic E-state index is 11.0. The number of benzene rings is 1. The number of anilines is 1. The number of H-pyrrole nitrogens is 1. The van der Waals surface area contributed by atoms with E-state index >= 15 is 0 Å². The molecule has 0 radical (unpaired) electrons. The molecule has 1 aromatic heterocycles. The third-order valence-electron chi connectivity index (χ3n) is 3.61. The second kappa shape index (κ2) is 5.43. The molecule has 1 saturated heterocycles. The monoisotopic (exact) mass is 288 g/mol. The average Bonchev–Trinajstić information content (AvgIpc) is 3.11. The number of carbonyl (C=O) groups is 1. The van der Waals surface area contributed by atoms with Crippen molar-refractivity contribution in [1.82, 2.24) is 4.98 Å². The summed E-state index contributed by atoms with van der Waals surface area (Å²) in [6, 6.07) is 5.82. The van der Waals surface area contributed by atoms with Crippen molar-refractivity contribution in [2.75, 3.05) is 25.1 Å². The van der Waals surface area contributed by atoms with Crippen molar-refractivity contribution in [3.63, 3.8) is 0 Å². The van der Waals surface area contributed by atoms with E-state index in [-0.39, 0.29) is 11.6 Å². The van der Waals surface area contributed by atoms with Gasteiger partial charge in [-0.1, -0.05) is 5.11 Å². The van der Waals surface area contributed by atoms with Gasteiger partial charge in [0.15, 0.2) is 5.69 Å². The molecule has 1 fully saturated rings. The largest absolute Gasteiger partial charge is 0.493 e. The summed E-state index contributed by atoms with van der Waals surface area (Å²) >= 11 is 0. The molecule has 3 rings (SSSR count). The van der Waals surface area contributed by atoms with Crippen molar-refractivity contribution < 1.29 is 14.6 Å². The van der Waals surface area contributed by atoms with Crippen LogP contribution in [0.3, 0.4) is 0 Å². The maximum atomic E-state index is 11.0. The molecular formula is C14H16N4O3. The van der Waals surface area contributed by atoms with Gasteiger partial charge in [-0.2, -0.15) is 0 Å². The van der Waals surface area contributed by atoms with Crippen LogP contribution in [0.1, 0.15) is 12.8 Å². The zero-order valence-corrected chi connectivity index (χ0v) is 11.7. The summed E-state index contributed by atoms with van der Waals surface area (Å²) in [6.07, 6.45) is 1.59. The lowest BCUT2D eigenvalue weighted by Gasteiger charge is -2.17. The molecule has 1 aromatic carbocycles. The van der Waals surface area contributed by atoms with E-state index < -0.39 is 6.09 Å². The van der Waals surface area contributed by atoms with Gasteiger partial charge in [0.25, 0.3) is 0 Å². The van der Waals surface area contributed by atoms with Gasteiger partial charge < -0.3 is 19.7 Å². The van der Waals surface area contributed by atoms with Crippen LogP contribution < -0.4 is 4.90 Å². The number of nitrogens with one attached hydrogen (secondary N) is 1. The lowest BCUT2D eigenvalue weighted by Crippen LogP contribution is -2.17. The third kappa shape index (κ3) is 2.54. The van der Waals surface area contributed by atoms with E-state index in [1.54, 1.807) is 0 Å². The number of azo groups is 1. The minimum absolute atomic E-state index is 0.115.